The second kappa shape index (κ2) is 4.76. The van der Waals surface area contributed by atoms with Gasteiger partial charge in [0, 0.05) is 18.9 Å². The maximum absolute atomic E-state index is 12.7. The van der Waals surface area contributed by atoms with Gasteiger partial charge in [-0.25, -0.2) is 4.52 Å². The molecule has 0 amide bonds. The molecule has 0 bridgehead atoms. The van der Waals surface area contributed by atoms with Crippen molar-refractivity contribution in [2.75, 3.05) is 7.11 Å². The van der Waals surface area contributed by atoms with E-state index in [-0.39, 0.29) is 5.78 Å². The standard InChI is InChI=1S/C13H13N5O2/c1-3-17-12(11(20-2)8-16-17)13(19)9-6-15-18-5-4-14-7-10(9)18/h4-8H,3H2,1-2H3. The Morgan fingerprint density at radius 2 is 2.15 bits per heavy atom. The fraction of sp³-hybridized carbons (Fsp3) is 0.231. The molecule has 7 nitrogen and oxygen atoms in total. The molecular formula is C13H13N5O2. The van der Waals surface area contributed by atoms with Crippen LogP contribution in [0.2, 0.25) is 0 Å². The van der Waals surface area contributed by atoms with E-state index in [0.29, 0.717) is 29.1 Å². The molecular weight excluding hydrogens is 258 g/mol. The number of aromatic nitrogens is 5. The fourth-order valence-electron chi connectivity index (χ4n) is 2.12. The molecule has 0 radical (unpaired) electrons. The SMILES string of the molecule is CCn1ncc(OC)c1C(=O)c1cnn2ccncc12. The van der Waals surface area contributed by atoms with Gasteiger partial charge in [-0.05, 0) is 6.92 Å². The lowest BCUT2D eigenvalue weighted by Gasteiger charge is -2.05. The fourth-order valence-corrected chi connectivity index (χ4v) is 2.12. The summed E-state index contributed by atoms with van der Waals surface area (Å²) in [5.74, 6) is 0.282. The van der Waals surface area contributed by atoms with Gasteiger partial charge in [0.2, 0.25) is 5.78 Å². The summed E-state index contributed by atoms with van der Waals surface area (Å²) in [6.45, 7) is 2.50. The number of hydrogen-bond donors (Lipinski definition) is 0. The van der Waals surface area contributed by atoms with Gasteiger partial charge in [0.05, 0.1) is 36.8 Å². The number of nitrogens with zero attached hydrogens (tertiary/aromatic N) is 5. The van der Waals surface area contributed by atoms with E-state index in [1.165, 1.54) is 13.3 Å². The molecule has 7 heteroatoms. The van der Waals surface area contributed by atoms with Gasteiger partial charge in [-0.3, -0.25) is 14.5 Å². The first-order chi connectivity index (χ1) is 9.76. The molecule has 20 heavy (non-hydrogen) atoms. The molecule has 0 aliphatic carbocycles. The molecule has 0 fully saturated rings. The molecule has 0 N–H and O–H groups in total. The Balaban J connectivity index is 2.15. The molecule has 0 saturated carbocycles. The lowest BCUT2D eigenvalue weighted by Crippen LogP contribution is -2.11. The molecule has 0 unspecified atom stereocenters. The van der Waals surface area contributed by atoms with Gasteiger partial charge >= 0.3 is 0 Å². The van der Waals surface area contributed by atoms with Crippen molar-refractivity contribution in [1.82, 2.24) is 24.4 Å². The summed E-state index contributed by atoms with van der Waals surface area (Å²) in [7, 11) is 1.52. The lowest BCUT2D eigenvalue weighted by molar-refractivity contribution is 0.102. The third-order valence-electron chi connectivity index (χ3n) is 3.11. The summed E-state index contributed by atoms with van der Waals surface area (Å²) in [5, 5.41) is 8.29. The molecule has 0 aliphatic rings. The van der Waals surface area contributed by atoms with Crippen LogP contribution in [0.15, 0.2) is 31.0 Å². The first-order valence-corrected chi connectivity index (χ1v) is 6.18. The highest BCUT2D eigenvalue weighted by Crippen LogP contribution is 2.23. The normalized spacial score (nSPS) is 10.9. The van der Waals surface area contributed by atoms with E-state index in [0.717, 1.165) is 0 Å². The summed E-state index contributed by atoms with van der Waals surface area (Å²) >= 11 is 0. The quantitative estimate of drug-likeness (QED) is 0.666. The van der Waals surface area contributed by atoms with Crippen molar-refractivity contribution in [3.63, 3.8) is 0 Å². The van der Waals surface area contributed by atoms with Gasteiger partial charge in [0.25, 0.3) is 0 Å². The minimum atomic E-state index is -0.177. The minimum absolute atomic E-state index is 0.177. The number of rotatable bonds is 4. The smallest absolute Gasteiger partial charge is 0.218 e. The monoisotopic (exact) mass is 271 g/mol. The van der Waals surface area contributed by atoms with Crippen LogP contribution < -0.4 is 4.74 Å². The average molecular weight is 271 g/mol. The Kier molecular flexibility index (Phi) is 2.94. The van der Waals surface area contributed by atoms with E-state index in [1.54, 1.807) is 34.0 Å². The first kappa shape index (κ1) is 12.3. The van der Waals surface area contributed by atoms with E-state index in [4.69, 9.17) is 4.74 Å². The largest absolute Gasteiger partial charge is 0.493 e. The van der Waals surface area contributed by atoms with Gasteiger partial charge in [0.1, 0.15) is 0 Å². The van der Waals surface area contributed by atoms with E-state index < -0.39 is 0 Å². The third-order valence-corrected chi connectivity index (χ3v) is 3.11. The number of carbonyl (C=O) groups excluding carboxylic acids is 1. The maximum atomic E-state index is 12.7. The molecule has 0 aromatic carbocycles. The highest BCUT2D eigenvalue weighted by atomic mass is 16.5. The highest BCUT2D eigenvalue weighted by molar-refractivity contribution is 6.13. The van der Waals surface area contributed by atoms with Gasteiger partial charge < -0.3 is 4.74 Å². The highest BCUT2D eigenvalue weighted by Gasteiger charge is 2.23. The number of ketones is 1. The van der Waals surface area contributed by atoms with Crippen molar-refractivity contribution < 1.29 is 9.53 Å². The van der Waals surface area contributed by atoms with Gasteiger partial charge in [-0.1, -0.05) is 0 Å². The second-order valence-corrected chi connectivity index (χ2v) is 4.17. The third kappa shape index (κ3) is 1.75. The van der Waals surface area contributed by atoms with Crippen LogP contribution in [0.1, 0.15) is 23.0 Å². The topological polar surface area (TPSA) is 74.3 Å². The zero-order valence-corrected chi connectivity index (χ0v) is 11.1. The average Bonchev–Trinajstić information content (AvgIpc) is 3.10. The zero-order valence-electron chi connectivity index (χ0n) is 11.1. The number of methoxy groups -OCH3 is 1. The van der Waals surface area contributed by atoms with Crippen LogP contribution in [0.3, 0.4) is 0 Å². The van der Waals surface area contributed by atoms with E-state index >= 15 is 0 Å². The number of carbonyl (C=O) groups is 1. The summed E-state index contributed by atoms with van der Waals surface area (Å²) in [4.78, 5) is 16.7. The van der Waals surface area contributed by atoms with Gasteiger partial charge in [-0.15, -0.1) is 0 Å². The van der Waals surface area contributed by atoms with Crippen LogP contribution in [-0.4, -0.2) is 37.3 Å². The Bertz CT molecular complexity index is 753. The molecule has 3 heterocycles. The van der Waals surface area contributed by atoms with Crippen molar-refractivity contribution >= 4 is 11.3 Å². The predicted molar refractivity (Wildman–Crippen MR) is 70.9 cm³/mol. The molecule has 0 atom stereocenters. The number of aryl methyl sites for hydroxylation is 1. The summed E-state index contributed by atoms with van der Waals surface area (Å²) in [6, 6.07) is 0. The predicted octanol–water partition coefficient (Wildman–Crippen LogP) is 1.19. The Morgan fingerprint density at radius 3 is 2.90 bits per heavy atom. The van der Waals surface area contributed by atoms with Gasteiger partial charge in [0.15, 0.2) is 11.4 Å². The van der Waals surface area contributed by atoms with Crippen molar-refractivity contribution in [2.24, 2.45) is 0 Å². The van der Waals surface area contributed by atoms with Crippen LogP contribution in [0.5, 0.6) is 5.75 Å². The molecule has 3 aromatic heterocycles. The molecule has 0 aliphatic heterocycles. The Hall–Kier alpha value is -2.70. The molecule has 3 aromatic rings. The van der Waals surface area contributed by atoms with Crippen LogP contribution in [0.25, 0.3) is 5.52 Å². The van der Waals surface area contributed by atoms with Crippen molar-refractivity contribution in [2.45, 2.75) is 13.5 Å². The molecule has 0 spiro atoms. The zero-order chi connectivity index (χ0) is 14.1. The molecule has 3 rings (SSSR count). The number of fused-ring (bicyclic) bond motifs is 1. The van der Waals surface area contributed by atoms with Crippen LogP contribution in [0, 0.1) is 0 Å². The lowest BCUT2D eigenvalue weighted by atomic mass is 10.1. The number of ether oxygens (including phenoxy) is 1. The van der Waals surface area contributed by atoms with Crippen LogP contribution >= 0.6 is 0 Å². The van der Waals surface area contributed by atoms with E-state index in [2.05, 4.69) is 15.2 Å². The summed E-state index contributed by atoms with van der Waals surface area (Å²) < 4.78 is 8.43. The van der Waals surface area contributed by atoms with Gasteiger partial charge in [-0.2, -0.15) is 10.2 Å². The van der Waals surface area contributed by atoms with E-state index in [9.17, 15) is 4.79 Å². The molecule has 102 valence electrons. The Morgan fingerprint density at radius 1 is 1.30 bits per heavy atom. The summed E-state index contributed by atoms with van der Waals surface area (Å²) in [6.07, 6.45) is 8.00. The van der Waals surface area contributed by atoms with Crippen LogP contribution in [-0.2, 0) is 6.54 Å². The minimum Gasteiger partial charge on any atom is -0.493 e. The number of hydrogen-bond acceptors (Lipinski definition) is 5. The van der Waals surface area contributed by atoms with Crippen molar-refractivity contribution in [3.05, 3.63) is 42.2 Å². The maximum Gasteiger partial charge on any atom is 0.218 e. The van der Waals surface area contributed by atoms with Crippen LogP contribution in [0.4, 0.5) is 0 Å². The Labute approximate surface area is 114 Å². The van der Waals surface area contributed by atoms with Crippen molar-refractivity contribution in [3.8, 4) is 5.75 Å². The second-order valence-electron chi connectivity index (χ2n) is 4.17. The van der Waals surface area contributed by atoms with Crippen molar-refractivity contribution in [1.29, 1.82) is 0 Å². The van der Waals surface area contributed by atoms with E-state index in [1.807, 2.05) is 6.92 Å². The summed E-state index contributed by atoms with van der Waals surface area (Å²) in [5.41, 5.74) is 1.56. The first-order valence-electron chi connectivity index (χ1n) is 6.18. The molecule has 0 saturated heterocycles.